The van der Waals surface area contributed by atoms with E-state index in [1.807, 2.05) is 24.3 Å². The third-order valence-corrected chi connectivity index (χ3v) is 6.85. The average Bonchev–Trinajstić information content (AvgIpc) is 2.88. The van der Waals surface area contributed by atoms with Gasteiger partial charge in [0, 0.05) is 61.5 Å². The third-order valence-electron chi connectivity index (χ3n) is 6.11. The summed E-state index contributed by atoms with van der Waals surface area (Å²) in [7, 11) is 0. The van der Waals surface area contributed by atoms with Crippen LogP contribution in [0.2, 0.25) is 10.0 Å². The fraction of sp³-hybridized carbons (Fsp3) is 0.231. The minimum absolute atomic E-state index is 0.0810. The Morgan fingerprint density at radius 3 is 2.37 bits per heavy atom. The molecule has 7 nitrogen and oxygen atoms in total. The summed E-state index contributed by atoms with van der Waals surface area (Å²) < 4.78 is 0. The van der Waals surface area contributed by atoms with Gasteiger partial charge in [-0.1, -0.05) is 47.5 Å². The number of hydrogen-bond acceptors (Lipinski definition) is 6. The third kappa shape index (κ3) is 5.53. The van der Waals surface area contributed by atoms with Gasteiger partial charge in [0.2, 0.25) is 5.91 Å². The zero-order valence-electron chi connectivity index (χ0n) is 19.0. The van der Waals surface area contributed by atoms with E-state index in [0.29, 0.717) is 28.7 Å². The highest BCUT2D eigenvalue weighted by atomic mass is 35.5. The van der Waals surface area contributed by atoms with Crippen LogP contribution in [0.15, 0.2) is 67.0 Å². The first-order valence-electron chi connectivity index (χ1n) is 11.4. The van der Waals surface area contributed by atoms with Gasteiger partial charge in [-0.05, 0) is 35.9 Å². The van der Waals surface area contributed by atoms with Gasteiger partial charge in [-0.25, -0.2) is 0 Å². The summed E-state index contributed by atoms with van der Waals surface area (Å²) in [5.41, 5.74) is 2.74. The van der Waals surface area contributed by atoms with Crippen molar-refractivity contribution in [2.75, 3.05) is 42.9 Å². The van der Waals surface area contributed by atoms with Crippen molar-refractivity contribution >= 4 is 51.4 Å². The Morgan fingerprint density at radius 2 is 1.63 bits per heavy atom. The van der Waals surface area contributed by atoms with E-state index in [2.05, 4.69) is 42.4 Å². The fourth-order valence-corrected chi connectivity index (χ4v) is 4.60. The molecule has 35 heavy (non-hydrogen) atoms. The summed E-state index contributed by atoms with van der Waals surface area (Å²) in [6, 6.07) is 17.4. The lowest BCUT2D eigenvalue weighted by Gasteiger charge is -2.35. The van der Waals surface area contributed by atoms with Crippen LogP contribution in [0.25, 0.3) is 10.8 Å². The molecule has 5 rings (SSSR count). The summed E-state index contributed by atoms with van der Waals surface area (Å²) in [5, 5.41) is 15.2. The first kappa shape index (κ1) is 23.5. The highest BCUT2D eigenvalue weighted by Gasteiger charge is 2.22. The van der Waals surface area contributed by atoms with E-state index in [0.717, 1.165) is 54.0 Å². The number of nitrogens with zero attached hydrogens (tertiary/aromatic N) is 5. The molecule has 1 amide bonds. The number of hydrogen-bond donors (Lipinski definition) is 1. The number of carbonyl (C=O) groups excluding carboxylic acids is 1. The van der Waals surface area contributed by atoms with Crippen LogP contribution in [0.1, 0.15) is 11.3 Å². The molecular weight excluding hydrogens is 483 g/mol. The molecule has 1 saturated heterocycles. The topological polar surface area (TPSA) is 74.2 Å². The maximum absolute atomic E-state index is 12.5. The van der Waals surface area contributed by atoms with Gasteiger partial charge in [0.15, 0.2) is 5.82 Å². The second kappa shape index (κ2) is 10.6. The highest BCUT2D eigenvalue weighted by Crippen LogP contribution is 2.28. The molecule has 9 heteroatoms. The van der Waals surface area contributed by atoms with Gasteiger partial charge in [0.1, 0.15) is 0 Å². The summed E-state index contributed by atoms with van der Waals surface area (Å²) in [6.45, 7) is 3.35. The number of pyridine rings is 1. The molecule has 1 N–H and O–H groups in total. The molecule has 1 aliphatic heterocycles. The van der Waals surface area contributed by atoms with Crippen LogP contribution in [-0.2, 0) is 11.2 Å². The van der Waals surface area contributed by atoms with Crippen LogP contribution in [-0.4, -0.2) is 58.7 Å². The van der Waals surface area contributed by atoms with Crippen molar-refractivity contribution < 1.29 is 4.79 Å². The molecule has 1 aliphatic rings. The fourth-order valence-electron chi connectivity index (χ4n) is 4.30. The number of halogens is 2. The van der Waals surface area contributed by atoms with E-state index in [-0.39, 0.29) is 5.91 Å². The van der Waals surface area contributed by atoms with Crippen molar-refractivity contribution in [2.24, 2.45) is 0 Å². The van der Waals surface area contributed by atoms with Crippen LogP contribution in [0, 0.1) is 0 Å². The molecule has 4 aromatic rings. The second-order valence-electron chi connectivity index (χ2n) is 8.49. The van der Waals surface area contributed by atoms with Crippen LogP contribution < -0.4 is 10.2 Å². The summed E-state index contributed by atoms with van der Waals surface area (Å²) in [5.74, 6) is 0.807. The standard InChI is InChI=1S/C26H24Cl2N6O/c27-22-6-5-19(16-23(22)28)30-25(35)17-33-11-13-34(14-12-33)26-21-4-2-1-3-20(21)24(31-32-26)15-18-7-9-29-10-8-18/h1-10,16H,11-15,17H2,(H,30,35). The predicted molar refractivity (Wildman–Crippen MR) is 140 cm³/mol. The highest BCUT2D eigenvalue weighted by molar-refractivity contribution is 6.42. The van der Waals surface area contributed by atoms with Crippen LogP contribution in [0.4, 0.5) is 11.5 Å². The number of piperazine rings is 1. The molecule has 0 saturated carbocycles. The Morgan fingerprint density at radius 1 is 0.886 bits per heavy atom. The zero-order valence-corrected chi connectivity index (χ0v) is 20.5. The number of nitrogens with one attached hydrogen (secondary N) is 1. The largest absolute Gasteiger partial charge is 0.352 e. The number of fused-ring (bicyclic) bond motifs is 1. The summed E-state index contributed by atoms with van der Waals surface area (Å²) >= 11 is 12.0. The molecule has 0 atom stereocenters. The molecule has 0 aliphatic carbocycles. The molecular formula is C26H24Cl2N6O. The van der Waals surface area contributed by atoms with Crippen LogP contribution in [0.5, 0.6) is 0 Å². The van der Waals surface area contributed by atoms with Crippen molar-refractivity contribution in [2.45, 2.75) is 6.42 Å². The van der Waals surface area contributed by atoms with Crippen molar-refractivity contribution in [3.8, 4) is 0 Å². The maximum Gasteiger partial charge on any atom is 0.238 e. The van der Waals surface area contributed by atoms with Crippen molar-refractivity contribution in [3.05, 3.63) is 88.3 Å². The number of aromatic nitrogens is 3. The molecule has 0 radical (unpaired) electrons. The number of rotatable bonds is 6. The van der Waals surface area contributed by atoms with Crippen molar-refractivity contribution in [1.29, 1.82) is 0 Å². The first-order chi connectivity index (χ1) is 17.1. The van der Waals surface area contributed by atoms with E-state index < -0.39 is 0 Å². The summed E-state index contributed by atoms with van der Waals surface area (Å²) in [4.78, 5) is 21.0. The van der Waals surface area contributed by atoms with Gasteiger partial charge >= 0.3 is 0 Å². The van der Waals surface area contributed by atoms with Crippen molar-refractivity contribution in [3.63, 3.8) is 0 Å². The quantitative estimate of drug-likeness (QED) is 0.409. The SMILES string of the molecule is O=C(CN1CCN(c2nnc(Cc3ccncc3)c3ccccc23)CC1)Nc1ccc(Cl)c(Cl)c1. The zero-order chi connectivity index (χ0) is 24.2. The maximum atomic E-state index is 12.5. The van der Waals surface area contributed by atoms with Gasteiger partial charge in [0.25, 0.3) is 0 Å². The molecule has 3 heterocycles. The number of carbonyl (C=O) groups is 1. The van der Waals surface area contributed by atoms with Gasteiger partial charge < -0.3 is 10.2 Å². The Labute approximate surface area is 213 Å². The van der Waals surface area contributed by atoms with Crippen LogP contribution >= 0.6 is 23.2 Å². The van der Waals surface area contributed by atoms with E-state index in [1.165, 1.54) is 0 Å². The monoisotopic (exact) mass is 506 g/mol. The van der Waals surface area contributed by atoms with Gasteiger partial charge in [-0.2, -0.15) is 5.10 Å². The Kier molecular flexibility index (Phi) is 7.08. The first-order valence-corrected chi connectivity index (χ1v) is 12.2. The van der Waals surface area contributed by atoms with E-state index in [1.54, 1.807) is 30.6 Å². The lowest BCUT2D eigenvalue weighted by atomic mass is 10.0. The van der Waals surface area contributed by atoms with Gasteiger partial charge in [-0.15, -0.1) is 5.10 Å². The minimum Gasteiger partial charge on any atom is -0.352 e. The average molecular weight is 507 g/mol. The van der Waals surface area contributed by atoms with E-state index in [4.69, 9.17) is 23.2 Å². The molecule has 2 aromatic carbocycles. The number of amides is 1. The lowest BCUT2D eigenvalue weighted by Crippen LogP contribution is -2.49. The normalized spacial score (nSPS) is 14.3. The Balaban J connectivity index is 1.24. The van der Waals surface area contributed by atoms with Crippen molar-refractivity contribution in [1.82, 2.24) is 20.1 Å². The van der Waals surface area contributed by atoms with Gasteiger partial charge in [0.05, 0.1) is 22.3 Å². The second-order valence-corrected chi connectivity index (χ2v) is 9.30. The summed E-state index contributed by atoms with van der Waals surface area (Å²) in [6.07, 6.45) is 4.30. The van der Waals surface area contributed by atoms with E-state index >= 15 is 0 Å². The minimum atomic E-state index is -0.0810. The molecule has 2 aromatic heterocycles. The van der Waals surface area contributed by atoms with E-state index in [9.17, 15) is 4.79 Å². The number of anilines is 2. The molecule has 178 valence electrons. The lowest BCUT2D eigenvalue weighted by molar-refractivity contribution is -0.117. The Hall–Kier alpha value is -3.26. The smallest absolute Gasteiger partial charge is 0.238 e. The Bertz CT molecular complexity index is 1340. The van der Waals surface area contributed by atoms with Gasteiger partial charge in [-0.3, -0.25) is 14.7 Å². The number of benzene rings is 2. The molecule has 0 bridgehead atoms. The molecule has 0 spiro atoms. The molecule has 1 fully saturated rings. The van der Waals surface area contributed by atoms with Crippen LogP contribution in [0.3, 0.4) is 0 Å². The molecule has 0 unspecified atom stereocenters. The predicted octanol–water partition coefficient (Wildman–Crippen LogP) is 4.68.